The van der Waals surface area contributed by atoms with Crippen LogP contribution in [0.2, 0.25) is 0 Å². The lowest BCUT2D eigenvalue weighted by molar-refractivity contribution is 0.103. The number of carbonyl (C=O) groups is 1. The first-order valence-corrected chi connectivity index (χ1v) is 8.25. The lowest BCUT2D eigenvalue weighted by Gasteiger charge is -2.09. The first-order valence-electron chi connectivity index (χ1n) is 5.89. The highest BCUT2D eigenvalue weighted by atomic mass is 32.2. The number of amides is 1. The first kappa shape index (κ1) is 15.6. The van der Waals surface area contributed by atoms with E-state index in [0.717, 1.165) is 28.6 Å². The molecule has 0 aliphatic heterocycles. The Morgan fingerprint density at radius 2 is 1.95 bits per heavy atom. The number of sulfonamides is 1. The Bertz CT molecular complexity index is 793. The average Bonchev–Trinajstić information content (AvgIpc) is 2.68. The largest absolute Gasteiger partial charge is 0.320 e. The molecule has 2 aromatic rings. The molecule has 0 unspecified atom stereocenters. The van der Waals surface area contributed by atoms with Gasteiger partial charge in [0.05, 0.1) is 10.6 Å². The molecular weight excluding hydrogens is 315 g/mol. The summed E-state index contributed by atoms with van der Waals surface area (Å²) in [5, 5.41) is 7.44. The quantitative estimate of drug-likeness (QED) is 0.906. The van der Waals surface area contributed by atoms with Crippen molar-refractivity contribution in [1.29, 1.82) is 0 Å². The highest BCUT2D eigenvalue weighted by Crippen LogP contribution is 2.25. The fourth-order valence-corrected chi connectivity index (χ4v) is 3.32. The fourth-order valence-electron chi connectivity index (χ4n) is 1.72. The molecule has 21 heavy (non-hydrogen) atoms. The molecule has 0 saturated carbocycles. The standard InChI is InChI=1S/C13H13FN2O3S2/c1-7-5-11(20-8(7)2)13(17)16-10-6-9(14)3-4-12(10)21(15,18)19/h3-6H,1-2H3,(H,16,17)(H2,15,18,19). The molecule has 1 heterocycles. The van der Waals surface area contributed by atoms with Crippen molar-refractivity contribution in [2.75, 3.05) is 5.32 Å². The number of halogens is 1. The third kappa shape index (κ3) is 3.46. The maximum absolute atomic E-state index is 13.3. The monoisotopic (exact) mass is 328 g/mol. The van der Waals surface area contributed by atoms with E-state index < -0.39 is 21.7 Å². The molecule has 0 atom stereocenters. The summed E-state index contributed by atoms with van der Waals surface area (Å²) in [6.07, 6.45) is 0. The third-order valence-electron chi connectivity index (χ3n) is 2.89. The van der Waals surface area contributed by atoms with Crippen LogP contribution >= 0.6 is 11.3 Å². The van der Waals surface area contributed by atoms with Gasteiger partial charge < -0.3 is 5.32 Å². The van der Waals surface area contributed by atoms with Crippen LogP contribution in [0.4, 0.5) is 10.1 Å². The maximum atomic E-state index is 13.3. The molecule has 5 nitrogen and oxygen atoms in total. The van der Waals surface area contributed by atoms with Gasteiger partial charge in [-0.3, -0.25) is 4.79 Å². The van der Waals surface area contributed by atoms with Gasteiger partial charge in [0, 0.05) is 4.88 Å². The van der Waals surface area contributed by atoms with E-state index >= 15 is 0 Å². The van der Waals surface area contributed by atoms with Gasteiger partial charge in [-0.2, -0.15) is 0 Å². The van der Waals surface area contributed by atoms with Crippen molar-refractivity contribution in [2.24, 2.45) is 5.14 Å². The van der Waals surface area contributed by atoms with Crippen LogP contribution in [0.5, 0.6) is 0 Å². The Balaban J connectivity index is 2.39. The molecule has 1 amide bonds. The van der Waals surface area contributed by atoms with Gasteiger partial charge in [-0.1, -0.05) is 0 Å². The summed E-state index contributed by atoms with van der Waals surface area (Å²) >= 11 is 1.27. The Kier molecular flexibility index (Phi) is 4.13. The number of hydrogen-bond donors (Lipinski definition) is 2. The zero-order chi connectivity index (χ0) is 15.8. The maximum Gasteiger partial charge on any atom is 0.265 e. The van der Waals surface area contributed by atoms with Crippen molar-refractivity contribution in [3.8, 4) is 0 Å². The van der Waals surface area contributed by atoms with E-state index in [4.69, 9.17) is 5.14 Å². The summed E-state index contributed by atoms with van der Waals surface area (Å²) in [7, 11) is -4.06. The van der Waals surface area contributed by atoms with Gasteiger partial charge in [-0.05, 0) is 43.7 Å². The number of hydrogen-bond acceptors (Lipinski definition) is 4. The Labute approximate surface area is 125 Å². The minimum Gasteiger partial charge on any atom is -0.320 e. The summed E-state index contributed by atoms with van der Waals surface area (Å²) in [4.78, 5) is 13.2. The number of thiophene rings is 1. The van der Waals surface area contributed by atoms with Gasteiger partial charge >= 0.3 is 0 Å². The number of aryl methyl sites for hydroxylation is 2. The van der Waals surface area contributed by atoms with Crippen LogP contribution in [-0.4, -0.2) is 14.3 Å². The molecule has 1 aromatic carbocycles. The molecule has 2 rings (SSSR count). The summed E-state index contributed by atoms with van der Waals surface area (Å²) in [5.41, 5.74) is 0.780. The Morgan fingerprint density at radius 1 is 1.29 bits per heavy atom. The SMILES string of the molecule is Cc1cc(C(=O)Nc2cc(F)ccc2S(N)(=O)=O)sc1C. The van der Waals surface area contributed by atoms with Crippen LogP contribution in [0.3, 0.4) is 0 Å². The van der Waals surface area contributed by atoms with E-state index in [1.165, 1.54) is 11.3 Å². The number of primary sulfonamides is 1. The predicted molar refractivity (Wildman–Crippen MR) is 79.5 cm³/mol. The molecule has 0 radical (unpaired) electrons. The van der Waals surface area contributed by atoms with Crippen molar-refractivity contribution in [2.45, 2.75) is 18.7 Å². The number of nitrogens with two attached hydrogens (primary N) is 1. The minimum absolute atomic E-state index is 0.175. The molecule has 112 valence electrons. The highest BCUT2D eigenvalue weighted by Gasteiger charge is 2.18. The Morgan fingerprint density at radius 3 is 2.48 bits per heavy atom. The molecule has 0 saturated heterocycles. The van der Waals surface area contributed by atoms with Gasteiger partial charge in [0.1, 0.15) is 10.7 Å². The molecule has 0 spiro atoms. The summed E-state index contributed by atoms with van der Waals surface area (Å²) in [6, 6.07) is 4.59. The highest BCUT2D eigenvalue weighted by molar-refractivity contribution is 7.89. The molecule has 0 aliphatic carbocycles. The smallest absolute Gasteiger partial charge is 0.265 e. The number of benzene rings is 1. The van der Waals surface area contributed by atoms with Crippen LogP contribution in [0.1, 0.15) is 20.1 Å². The molecule has 1 aromatic heterocycles. The second kappa shape index (κ2) is 5.55. The average molecular weight is 328 g/mol. The van der Waals surface area contributed by atoms with E-state index in [-0.39, 0.29) is 10.6 Å². The first-order chi connectivity index (χ1) is 9.68. The normalized spacial score (nSPS) is 11.4. The molecule has 3 N–H and O–H groups in total. The van der Waals surface area contributed by atoms with Crippen LogP contribution in [-0.2, 0) is 10.0 Å². The lowest BCUT2D eigenvalue weighted by Crippen LogP contribution is -2.18. The second-order valence-electron chi connectivity index (χ2n) is 4.49. The topological polar surface area (TPSA) is 89.3 Å². The number of anilines is 1. The number of carbonyl (C=O) groups excluding carboxylic acids is 1. The fraction of sp³-hybridized carbons (Fsp3) is 0.154. The minimum atomic E-state index is -4.06. The van der Waals surface area contributed by atoms with Crippen molar-refractivity contribution in [3.05, 3.63) is 45.4 Å². The lowest BCUT2D eigenvalue weighted by atomic mass is 10.2. The predicted octanol–water partition coefficient (Wildman–Crippen LogP) is 2.40. The van der Waals surface area contributed by atoms with Gasteiger partial charge in [-0.15, -0.1) is 11.3 Å². The van der Waals surface area contributed by atoms with E-state index in [0.29, 0.717) is 4.88 Å². The van der Waals surface area contributed by atoms with Crippen molar-refractivity contribution >= 4 is 33.0 Å². The van der Waals surface area contributed by atoms with Crippen LogP contribution < -0.4 is 10.5 Å². The summed E-state index contributed by atoms with van der Waals surface area (Å²) < 4.78 is 36.2. The van der Waals surface area contributed by atoms with Crippen molar-refractivity contribution in [1.82, 2.24) is 0 Å². The van der Waals surface area contributed by atoms with Crippen molar-refractivity contribution < 1.29 is 17.6 Å². The van der Waals surface area contributed by atoms with Crippen LogP contribution in [0, 0.1) is 19.7 Å². The number of rotatable bonds is 3. The van der Waals surface area contributed by atoms with E-state index in [1.807, 2.05) is 13.8 Å². The van der Waals surface area contributed by atoms with E-state index in [9.17, 15) is 17.6 Å². The van der Waals surface area contributed by atoms with Crippen molar-refractivity contribution in [3.63, 3.8) is 0 Å². The number of nitrogens with one attached hydrogen (secondary N) is 1. The van der Waals surface area contributed by atoms with Gasteiger partial charge in [0.15, 0.2) is 0 Å². The zero-order valence-corrected chi connectivity index (χ0v) is 12.9. The van der Waals surface area contributed by atoms with Gasteiger partial charge in [0.25, 0.3) is 5.91 Å². The van der Waals surface area contributed by atoms with E-state index in [2.05, 4.69) is 5.32 Å². The third-order valence-corrected chi connectivity index (χ3v) is 5.01. The Hall–Kier alpha value is -1.77. The summed E-state index contributed by atoms with van der Waals surface area (Å²) in [6.45, 7) is 3.73. The van der Waals surface area contributed by atoms with Gasteiger partial charge in [-0.25, -0.2) is 17.9 Å². The van der Waals surface area contributed by atoms with Gasteiger partial charge in [0.2, 0.25) is 10.0 Å². The zero-order valence-electron chi connectivity index (χ0n) is 11.3. The second-order valence-corrected chi connectivity index (χ2v) is 7.28. The molecule has 0 fully saturated rings. The summed E-state index contributed by atoms with van der Waals surface area (Å²) in [5.74, 6) is -1.18. The molecule has 0 aliphatic rings. The van der Waals surface area contributed by atoms with E-state index in [1.54, 1.807) is 6.07 Å². The molecule has 0 bridgehead atoms. The molecule has 8 heteroatoms. The van der Waals surface area contributed by atoms with Crippen LogP contribution in [0.25, 0.3) is 0 Å². The van der Waals surface area contributed by atoms with Crippen LogP contribution in [0.15, 0.2) is 29.2 Å². The molecular formula is C13H13FN2O3S2.